The van der Waals surface area contributed by atoms with Crippen LogP contribution >= 0.6 is 22.6 Å². The molecule has 1 aromatic carbocycles. The number of pyridine rings is 1. The molecule has 0 spiro atoms. The van der Waals surface area contributed by atoms with Gasteiger partial charge in [-0.3, -0.25) is 4.98 Å². The number of nitrogens with one attached hydrogen (secondary N) is 1. The predicted octanol–water partition coefficient (Wildman–Crippen LogP) is 4.93. The average Bonchev–Trinajstić information content (AvgIpc) is 2.49. The van der Waals surface area contributed by atoms with E-state index in [-0.39, 0.29) is 0 Å². The van der Waals surface area contributed by atoms with Crippen LogP contribution in [0.3, 0.4) is 0 Å². The highest BCUT2D eigenvalue weighted by Gasteiger charge is 2.09. The van der Waals surface area contributed by atoms with Crippen LogP contribution < -0.4 is 10.1 Å². The summed E-state index contributed by atoms with van der Waals surface area (Å²) in [5, 5.41) is 3.51. The first-order valence-electron chi connectivity index (χ1n) is 7.35. The van der Waals surface area contributed by atoms with E-state index in [1.165, 1.54) is 0 Å². The van der Waals surface area contributed by atoms with E-state index >= 15 is 0 Å². The Kier molecular flexibility index (Phi) is 6.45. The Morgan fingerprint density at radius 2 is 2.05 bits per heavy atom. The van der Waals surface area contributed by atoms with Crippen LogP contribution in [0.15, 0.2) is 42.6 Å². The van der Waals surface area contributed by atoms with Crippen molar-refractivity contribution in [1.82, 2.24) is 10.3 Å². The first-order valence-corrected chi connectivity index (χ1v) is 8.43. The van der Waals surface area contributed by atoms with E-state index in [4.69, 9.17) is 4.74 Å². The van der Waals surface area contributed by atoms with Gasteiger partial charge in [0, 0.05) is 9.61 Å². The molecular formula is C17H21IN2O. The number of nitrogens with zero attached hydrogens (tertiary/aromatic N) is 1. The SMILES string of the molecule is CCCNC(CC)c1ccc(Oc2cccc(I)c2)cn1. The Morgan fingerprint density at radius 3 is 2.67 bits per heavy atom. The number of aromatic nitrogens is 1. The smallest absolute Gasteiger partial charge is 0.145 e. The molecule has 1 heterocycles. The highest BCUT2D eigenvalue weighted by Crippen LogP contribution is 2.23. The van der Waals surface area contributed by atoms with E-state index in [0.29, 0.717) is 6.04 Å². The molecule has 0 fully saturated rings. The van der Waals surface area contributed by atoms with Crippen LogP contribution in [0.2, 0.25) is 0 Å². The van der Waals surface area contributed by atoms with Crippen LogP contribution in [0.25, 0.3) is 0 Å². The van der Waals surface area contributed by atoms with Gasteiger partial charge in [0.2, 0.25) is 0 Å². The number of rotatable bonds is 7. The molecule has 4 heteroatoms. The second kappa shape index (κ2) is 8.34. The summed E-state index contributed by atoms with van der Waals surface area (Å²) in [5.74, 6) is 1.61. The minimum absolute atomic E-state index is 0.316. The first-order chi connectivity index (χ1) is 10.2. The van der Waals surface area contributed by atoms with Crippen molar-refractivity contribution in [3.05, 3.63) is 51.9 Å². The fourth-order valence-corrected chi connectivity index (χ4v) is 2.62. The fourth-order valence-electron chi connectivity index (χ4n) is 2.10. The van der Waals surface area contributed by atoms with Gasteiger partial charge in [0.1, 0.15) is 11.5 Å². The summed E-state index contributed by atoms with van der Waals surface area (Å²) in [4.78, 5) is 4.53. The zero-order valence-electron chi connectivity index (χ0n) is 12.5. The van der Waals surface area contributed by atoms with Crippen molar-refractivity contribution in [2.24, 2.45) is 0 Å². The largest absolute Gasteiger partial charge is 0.456 e. The molecule has 0 aliphatic heterocycles. The van der Waals surface area contributed by atoms with E-state index in [9.17, 15) is 0 Å². The standard InChI is InChI=1S/C17H21IN2O/c1-3-10-19-16(4-2)17-9-8-15(12-20-17)21-14-7-5-6-13(18)11-14/h5-9,11-12,16,19H,3-4,10H2,1-2H3. The zero-order chi connectivity index (χ0) is 15.1. The third-order valence-electron chi connectivity index (χ3n) is 3.20. The molecule has 21 heavy (non-hydrogen) atoms. The average molecular weight is 396 g/mol. The number of hydrogen-bond acceptors (Lipinski definition) is 3. The second-order valence-corrected chi connectivity index (χ2v) is 6.14. The van der Waals surface area contributed by atoms with Gasteiger partial charge in [-0.2, -0.15) is 0 Å². The van der Waals surface area contributed by atoms with Crippen molar-refractivity contribution < 1.29 is 4.74 Å². The van der Waals surface area contributed by atoms with E-state index in [1.54, 1.807) is 6.20 Å². The number of halogens is 1. The monoisotopic (exact) mass is 396 g/mol. The van der Waals surface area contributed by atoms with Crippen molar-refractivity contribution in [1.29, 1.82) is 0 Å². The number of ether oxygens (including phenoxy) is 1. The topological polar surface area (TPSA) is 34.1 Å². The predicted molar refractivity (Wildman–Crippen MR) is 94.8 cm³/mol. The maximum Gasteiger partial charge on any atom is 0.145 e. The van der Waals surface area contributed by atoms with Crippen LogP contribution in [-0.2, 0) is 0 Å². The van der Waals surface area contributed by atoms with Gasteiger partial charge in [-0.05, 0) is 72.3 Å². The highest BCUT2D eigenvalue weighted by atomic mass is 127. The van der Waals surface area contributed by atoms with Gasteiger partial charge in [-0.15, -0.1) is 0 Å². The van der Waals surface area contributed by atoms with Gasteiger partial charge in [0.25, 0.3) is 0 Å². The molecule has 0 saturated heterocycles. The summed E-state index contributed by atoms with van der Waals surface area (Å²) in [6.07, 6.45) is 3.96. The molecule has 1 atom stereocenters. The maximum atomic E-state index is 5.82. The summed E-state index contributed by atoms with van der Waals surface area (Å²) in [5.41, 5.74) is 1.07. The molecule has 2 rings (SSSR count). The van der Waals surface area contributed by atoms with Crippen molar-refractivity contribution in [2.75, 3.05) is 6.54 Å². The molecule has 1 unspecified atom stereocenters. The molecule has 3 nitrogen and oxygen atoms in total. The number of benzene rings is 1. The minimum atomic E-state index is 0.316. The summed E-state index contributed by atoms with van der Waals surface area (Å²) < 4.78 is 6.98. The van der Waals surface area contributed by atoms with Gasteiger partial charge in [0.05, 0.1) is 11.9 Å². The lowest BCUT2D eigenvalue weighted by molar-refractivity contribution is 0.474. The van der Waals surface area contributed by atoms with E-state index in [2.05, 4.69) is 46.7 Å². The van der Waals surface area contributed by atoms with Crippen molar-refractivity contribution >= 4 is 22.6 Å². The molecular weight excluding hydrogens is 375 g/mol. The Labute approximate surface area is 140 Å². The molecule has 112 valence electrons. The Bertz CT molecular complexity index is 557. The molecule has 0 aliphatic carbocycles. The van der Waals surface area contributed by atoms with Crippen molar-refractivity contribution in [3.63, 3.8) is 0 Å². The first kappa shape index (κ1) is 16.2. The molecule has 0 amide bonds. The van der Waals surface area contributed by atoms with Gasteiger partial charge in [-0.25, -0.2) is 0 Å². The fraction of sp³-hybridized carbons (Fsp3) is 0.353. The lowest BCUT2D eigenvalue weighted by Crippen LogP contribution is -2.22. The third-order valence-corrected chi connectivity index (χ3v) is 3.87. The van der Waals surface area contributed by atoms with E-state index in [1.807, 2.05) is 36.4 Å². The van der Waals surface area contributed by atoms with Crippen LogP contribution in [-0.4, -0.2) is 11.5 Å². The summed E-state index contributed by atoms with van der Waals surface area (Å²) in [7, 11) is 0. The van der Waals surface area contributed by atoms with Crippen molar-refractivity contribution in [3.8, 4) is 11.5 Å². The third kappa shape index (κ3) is 4.97. The lowest BCUT2D eigenvalue weighted by atomic mass is 10.1. The molecule has 0 aliphatic rings. The molecule has 0 saturated carbocycles. The Balaban J connectivity index is 2.04. The number of hydrogen-bond donors (Lipinski definition) is 1. The summed E-state index contributed by atoms with van der Waals surface area (Å²) in [6.45, 7) is 5.36. The van der Waals surface area contributed by atoms with Gasteiger partial charge >= 0.3 is 0 Å². The minimum Gasteiger partial charge on any atom is -0.456 e. The van der Waals surface area contributed by atoms with Crippen LogP contribution in [0.4, 0.5) is 0 Å². The van der Waals surface area contributed by atoms with Crippen molar-refractivity contribution in [2.45, 2.75) is 32.7 Å². The molecule has 0 bridgehead atoms. The van der Waals surface area contributed by atoms with E-state index in [0.717, 1.165) is 40.1 Å². The molecule has 2 aromatic rings. The Morgan fingerprint density at radius 1 is 1.19 bits per heavy atom. The lowest BCUT2D eigenvalue weighted by Gasteiger charge is -2.16. The van der Waals surface area contributed by atoms with Crippen LogP contribution in [0.1, 0.15) is 38.4 Å². The van der Waals surface area contributed by atoms with E-state index < -0.39 is 0 Å². The maximum absolute atomic E-state index is 5.82. The quantitative estimate of drug-likeness (QED) is 0.674. The van der Waals surface area contributed by atoms with Crippen LogP contribution in [0.5, 0.6) is 11.5 Å². The molecule has 0 radical (unpaired) electrons. The van der Waals surface area contributed by atoms with Gasteiger partial charge < -0.3 is 10.1 Å². The molecule has 1 N–H and O–H groups in total. The normalized spacial score (nSPS) is 12.1. The second-order valence-electron chi connectivity index (χ2n) is 4.89. The molecule has 1 aromatic heterocycles. The van der Waals surface area contributed by atoms with Gasteiger partial charge in [-0.1, -0.05) is 19.9 Å². The van der Waals surface area contributed by atoms with Gasteiger partial charge in [0.15, 0.2) is 0 Å². The highest BCUT2D eigenvalue weighted by molar-refractivity contribution is 14.1. The van der Waals surface area contributed by atoms with Crippen LogP contribution in [0, 0.1) is 3.57 Å². The summed E-state index contributed by atoms with van der Waals surface area (Å²) >= 11 is 2.28. The zero-order valence-corrected chi connectivity index (χ0v) is 14.6. The Hall–Kier alpha value is -1.14. The summed E-state index contributed by atoms with van der Waals surface area (Å²) in [6, 6.07) is 12.3.